The molecule has 3 aromatic rings. The third-order valence-electron chi connectivity index (χ3n) is 4.44. The topological polar surface area (TPSA) is 63.0 Å². The van der Waals surface area contributed by atoms with Crippen molar-refractivity contribution in [1.82, 2.24) is 4.98 Å². The van der Waals surface area contributed by atoms with Gasteiger partial charge in [-0.15, -0.1) is 0 Å². The van der Waals surface area contributed by atoms with Crippen molar-refractivity contribution in [2.75, 3.05) is 0 Å². The molecule has 4 heteroatoms. The van der Waals surface area contributed by atoms with Gasteiger partial charge in [0, 0.05) is 29.3 Å². The lowest BCUT2D eigenvalue weighted by Crippen LogP contribution is -2.31. The van der Waals surface area contributed by atoms with E-state index in [0.29, 0.717) is 19.3 Å². The lowest BCUT2D eigenvalue weighted by molar-refractivity contribution is -0.141. The van der Waals surface area contributed by atoms with Crippen LogP contribution in [0.1, 0.15) is 24.0 Å². The van der Waals surface area contributed by atoms with E-state index < -0.39 is 5.60 Å². The van der Waals surface area contributed by atoms with E-state index in [2.05, 4.69) is 4.98 Å². The van der Waals surface area contributed by atoms with Gasteiger partial charge in [-0.25, -0.2) is 0 Å². The highest BCUT2D eigenvalue weighted by atomic mass is 16.5. The van der Waals surface area contributed by atoms with Crippen molar-refractivity contribution in [3.63, 3.8) is 0 Å². The molecule has 1 unspecified atom stereocenters. The molecule has 0 amide bonds. The van der Waals surface area contributed by atoms with Crippen LogP contribution in [0, 0.1) is 5.41 Å². The molecule has 0 bridgehead atoms. The zero-order valence-corrected chi connectivity index (χ0v) is 14.3. The summed E-state index contributed by atoms with van der Waals surface area (Å²) >= 11 is 0. The number of nitrogens with zero attached hydrogens (tertiary/aromatic N) is 1. The fourth-order valence-corrected chi connectivity index (χ4v) is 3.16. The number of carbonyl (C=O) groups excluding carboxylic acids is 1. The lowest BCUT2D eigenvalue weighted by Gasteiger charge is -2.33. The van der Waals surface area contributed by atoms with Crippen LogP contribution in [0.25, 0.3) is 11.3 Å². The fourth-order valence-electron chi connectivity index (χ4n) is 3.16. The number of pyridine rings is 1. The highest BCUT2D eigenvalue weighted by Gasteiger charge is 2.35. The first-order valence-corrected chi connectivity index (χ1v) is 8.48. The first kappa shape index (κ1) is 17.5. The van der Waals surface area contributed by atoms with E-state index in [9.17, 15) is 4.79 Å². The molecule has 130 valence electrons. The Kier molecular flexibility index (Phi) is 5.54. The van der Waals surface area contributed by atoms with Gasteiger partial charge in [0.1, 0.15) is 0 Å². The van der Waals surface area contributed by atoms with Crippen LogP contribution in [-0.2, 0) is 15.1 Å². The van der Waals surface area contributed by atoms with Crippen molar-refractivity contribution in [3.05, 3.63) is 90.1 Å². The van der Waals surface area contributed by atoms with Crippen molar-refractivity contribution in [3.8, 4) is 11.3 Å². The lowest BCUT2D eigenvalue weighted by atomic mass is 9.82. The minimum absolute atomic E-state index is 0.490. The van der Waals surface area contributed by atoms with Crippen molar-refractivity contribution in [2.45, 2.75) is 18.4 Å². The maximum atomic E-state index is 11.3. The Morgan fingerprint density at radius 2 is 1.62 bits per heavy atom. The molecular weight excluding hydrogens is 324 g/mol. The summed E-state index contributed by atoms with van der Waals surface area (Å²) in [4.78, 5) is 15.7. The Hall–Kier alpha value is -3.27. The number of nitrogens with one attached hydrogen (secondary N) is 1. The predicted octanol–water partition coefficient (Wildman–Crippen LogP) is 4.59. The maximum Gasteiger partial charge on any atom is 0.294 e. The highest BCUT2D eigenvalue weighted by molar-refractivity contribution is 5.60. The monoisotopic (exact) mass is 344 g/mol. The minimum atomic E-state index is -0.913. The summed E-state index contributed by atoms with van der Waals surface area (Å²) in [7, 11) is 0. The summed E-state index contributed by atoms with van der Waals surface area (Å²) in [6.07, 6.45) is 4.11. The van der Waals surface area contributed by atoms with Crippen LogP contribution in [0.4, 0.5) is 0 Å². The van der Waals surface area contributed by atoms with E-state index in [4.69, 9.17) is 10.1 Å². The van der Waals surface area contributed by atoms with Crippen molar-refractivity contribution in [1.29, 1.82) is 5.41 Å². The summed E-state index contributed by atoms with van der Waals surface area (Å²) in [6.45, 7) is 0.490. The molecule has 1 heterocycles. The van der Waals surface area contributed by atoms with E-state index >= 15 is 0 Å². The third kappa shape index (κ3) is 3.54. The standard InChI is InChI=1S/C22H20N2O2/c23-15-6-14-22(26-17-25,19-7-2-1-3-8-19)20-12-10-18(11-13-20)21-9-4-5-16-24-21/h1-5,7-13,15-17,23H,6,14H2. The minimum Gasteiger partial charge on any atom is -0.451 e. The number of carbonyl (C=O) groups is 1. The number of aromatic nitrogens is 1. The van der Waals surface area contributed by atoms with Crippen LogP contribution >= 0.6 is 0 Å². The molecule has 0 fully saturated rings. The van der Waals surface area contributed by atoms with Crippen molar-refractivity contribution >= 4 is 12.7 Å². The maximum absolute atomic E-state index is 11.3. The van der Waals surface area contributed by atoms with Gasteiger partial charge < -0.3 is 10.1 Å². The average molecular weight is 344 g/mol. The van der Waals surface area contributed by atoms with Crippen LogP contribution < -0.4 is 0 Å². The molecule has 1 aromatic heterocycles. The fraction of sp³-hybridized carbons (Fsp3) is 0.136. The van der Waals surface area contributed by atoms with Crippen LogP contribution in [0.15, 0.2) is 79.0 Å². The van der Waals surface area contributed by atoms with Crippen LogP contribution in [0.2, 0.25) is 0 Å². The van der Waals surface area contributed by atoms with E-state index in [1.54, 1.807) is 6.20 Å². The number of hydrogen-bond acceptors (Lipinski definition) is 4. The zero-order chi connectivity index (χ0) is 18.2. The van der Waals surface area contributed by atoms with Gasteiger partial charge in [-0.05, 0) is 24.8 Å². The van der Waals surface area contributed by atoms with Gasteiger partial charge in [0.25, 0.3) is 6.47 Å². The molecule has 4 nitrogen and oxygen atoms in total. The smallest absolute Gasteiger partial charge is 0.294 e. The molecule has 0 spiro atoms. The molecule has 3 rings (SSSR count). The van der Waals surface area contributed by atoms with E-state index in [0.717, 1.165) is 22.4 Å². The second-order valence-electron chi connectivity index (χ2n) is 5.94. The molecule has 0 radical (unpaired) electrons. The van der Waals surface area contributed by atoms with Crippen LogP contribution in [0.5, 0.6) is 0 Å². The number of benzene rings is 2. The van der Waals surface area contributed by atoms with Crippen molar-refractivity contribution in [2.24, 2.45) is 0 Å². The number of rotatable bonds is 8. The summed E-state index contributed by atoms with van der Waals surface area (Å²) in [5.41, 5.74) is 2.73. The zero-order valence-electron chi connectivity index (χ0n) is 14.3. The van der Waals surface area contributed by atoms with Crippen LogP contribution in [-0.4, -0.2) is 17.7 Å². The Bertz CT molecular complexity index is 848. The average Bonchev–Trinajstić information content (AvgIpc) is 2.73. The third-order valence-corrected chi connectivity index (χ3v) is 4.44. The summed E-state index contributed by atoms with van der Waals surface area (Å²) in [6, 6.07) is 23.3. The first-order chi connectivity index (χ1) is 12.8. The normalized spacial score (nSPS) is 12.8. The van der Waals surface area contributed by atoms with Gasteiger partial charge >= 0.3 is 0 Å². The van der Waals surface area contributed by atoms with E-state index in [1.807, 2.05) is 72.8 Å². The molecule has 1 atom stereocenters. The quantitative estimate of drug-likeness (QED) is 0.480. The molecule has 0 aliphatic carbocycles. The summed E-state index contributed by atoms with van der Waals surface area (Å²) in [5, 5.41) is 7.41. The largest absolute Gasteiger partial charge is 0.451 e. The van der Waals surface area contributed by atoms with Gasteiger partial charge in [-0.1, -0.05) is 60.7 Å². The van der Waals surface area contributed by atoms with E-state index in [1.165, 1.54) is 6.21 Å². The molecular formula is C22H20N2O2. The van der Waals surface area contributed by atoms with E-state index in [-0.39, 0.29) is 0 Å². The van der Waals surface area contributed by atoms with Gasteiger partial charge in [0.05, 0.1) is 5.69 Å². The molecule has 0 saturated carbocycles. The molecule has 0 aliphatic rings. The molecule has 0 saturated heterocycles. The SMILES string of the molecule is N=CCCC(OC=O)(c1ccccc1)c1ccc(-c2ccccn2)cc1. The molecule has 1 N–H and O–H groups in total. The predicted molar refractivity (Wildman–Crippen MR) is 102 cm³/mol. The first-order valence-electron chi connectivity index (χ1n) is 8.48. The summed E-state index contributed by atoms with van der Waals surface area (Å²) < 4.78 is 5.65. The van der Waals surface area contributed by atoms with Crippen molar-refractivity contribution < 1.29 is 9.53 Å². The Morgan fingerprint density at radius 1 is 0.923 bits per heavy atom. The Labute approximate surface area is 153 Å². The Morgan fingerprint density at radius 3 is 2.23 bits per heavy atom. The number of ether oxygens (including phenoxy) is 1. The molecule has 26 heavy (non-hydrogen) atoms. The van der Waals surface area contributed by atoms with Gasteiger partial charge in [0.15, 0.2) is 5.60 Å². The number of hydrogen-bond donors (Lipinski definition) is 1. The van der Waals surface area contributed by atoms with Gasteiger partial charge in [-0.3, -0.25) is 9.78 Å². The highest BCUT2D eigenvalue weighted by Crippen LogP contribution is 2.38. The second kappa shape index (κ2) is 8.21. The van der Waals surface area contributed by atoms with Gasteiger partial charge in [0.2, 0.25) is 0 Å². The molecule has 0 aliphatic heterocycles. The second-order valence-corrected chi connectivity index (χ2v) is 5.94. The van der Waals surface area contributed by atoms with Crippen LogP contribution in [0.3, 0.4) is 0 Å². The van der Waals surface area contributed by atoms with Gasteiger partial charge in [-0.2, -0.15) is 0 Å². The summed E-state index contributed by atoms with van der Waals surface area (Å²) in [5.74, 6) is 0. The Balaban J connectivity index is 2.06. The molecule has 2 aromatic carbocycles.